The van der Waals surface area contributed by atoms with Gasteiger partial charge in [-0.2, -0.15) is 4.31 Å². The quantitative estimate of drug-likeness (QED) is 0.724. The van der Waals surface area contributed by atoms with Gasteiger partial charge in [0, 0.05) is 30.8 Å². The number of sulfonamides is 1. The number of benzene rings is 2. The number of carbonyl (C=O) groups is 1. The Morgan fingerprint density at radius 1 is 1.07 bits per heavy atom. The number of ether oxygens (including phenoxy) is 2. The first kappa shape index (κ1) is 22.1. The van der Waals surface area contributed by atoms with E-state index in [1.165, 1.54) is 11.4 Å². The highest BCUT2D eigenvalue weighted by atomic mass is 32.2. The molecule has 30 heavy (non-hydrogen) atoms. The van der Waals surface area contributed by atoms with Crippen LogP contribution in [0.2, 0.25) is 0 Å². The van der Waals surface area contributed by atoms with E-state index < -0.39 is 10.0 Å². The fraction of sp³-hybridized carbons (Fsp3) is 0.409. The lowest BCUT2D eigenvalue weighted by atomic mass is 9.97. The molecule has 0 bridgehead atoms. The van der Waals surface area contributed by atoms with Gasteiger partial charge >= 0.3 is 0 Å². The monoisotopic (exact) mass is 432 g/mol. The second-order valence-corrected chi connectivity index (χ2v) is 9.48. The maximum absolute atomic E-state index is 12.9. The van der Waals surface area contributed by atoms with E-state index in [1.54, 1.807) is 30.3 Å². The van der Waals surface area contributed by atoms with Gasteiger partial charge in [0.25, 0.3) is 0 Å². The number of nitrogens with one attached hydrogen (secondary N) is 1. The number of carbonyl (C=O) groups excluding carboxylic acids is 1. The molecule has 7 nitrogen and oxygen atoms in total. The first-order valence-corrected chi connectivity index (χ1v) is 11.5. The molecule has 1 fully saturated rings. The normalized spacial score (nSPS) is 15.7. The van der Waals surface area contributed by atoms with Gasteiger partial charge in [0.2, 0.25) is 15.9 Å². The van der Waals surface area contributed by atoms with Crippen molar-refractivity contribution in [2.24, 2.45) is 5.92 Å². The molecule has 0 aromatic heterocycles. The summed E-state index contributed by atoms with van der Waals surface area (Å²) in [6.45, 7) is 4.50. The third-order valence-corrected chi connectivity index (χ3v) is 6.91. The maximum atomic E-state index is 12.9. The fourth-order valence-corrected chi connectivity index (χ4v) is 4.89. The molecule has 2 aromatic carbocycles. The zero-order valence-electron chi connectivity index (χ0n) is 17.5. The molecule has 2 aromatic rings. The number of hydrogen-bond acceptors (Lipinski definition) is 5. The Morgan fingerprint density at radius 3 is 2.33 bits per heavy atom. The number of nitrogens with zero attached hydrogens (tertiary/aromatic N) is 1. The first-order chi connectivity index (χ1) is 14.3. The minimum Gasteiger partial charge on any atom is -0.497 e. The van der Waals surface area contributed by atoms with E-state index in [0.29, 0.717) is 43.1 Å². The van der Waals surface area contributed by atoms with Gasteiger partial charge in [-0.1, -0.05) is 6.07 Å². The van der Waals surface area contributed by atoms with Crippen molar-refractivity contribution in [1.82, 2.24) is 4.31 Å². The summed E-state index contributed by atoms with van der Waals surface area (Å²) in [5.41, 5.74) is 0.673. The minimum atomic E-state index is -3.58. The standard InChI is InChI=1S/C22H28N2O5S/c1-16(2)29-20-6-4-5-18(15-20)23-22(25)17-11-13-24(14-12-17)30(26,27)21-9-7-19(28-3)8-10-21/h4-10,15-17H,11-14H2,1-3H3,(H,23,25). The van der Waals surface area contributed by atoms with Crippen molar-refractivity contribution in [2.75, 3.05) is 25.5 Å². The molecule has 0 aliphatic carbocycles. The summed E-state index contributed by atoms with van der Waals surface area (Å²) in [4.78, 5) is 12.9. The maximum Gasteiger partial charge on any atom is 0.243 e. The van der Waals surface area contributed by atoms with E-state index in [0.717, 1.165) is 0 Å². The van der Waals surface area contributed by atoms with Gasteiger partial charge in [-0.3, -0.25) is 4.79 Å². The second kappa shape index (κ2) is 9.49. The first-order valence-electron chi connectivity index (χ1n) is 10.0. The molecule has 0 unspecified atom stereocenters. The molecule has 0 radical (unpaired) electrons. The Labute approximate surface area is 178 Å². The van der Waals surface area contributed by atoms with E-state index in [9.17, 15) is 13.2 Å². The van der Waals surface area contributed by atoms with Crippen LogP contribution >= 0.6 is 0 Å². The van der Waals surface area contributed by atoms with Crippen molar-refractivity contribution in [2.45, 2.75) is 37.7 Å². The number of amides is 1. The van der Waals surface area contributed by atoms with Crippen molar-refractivity contribution in [3.63, 3.8) is 0 Å². The molecule has 1 aliphatic heterocycles. The van der Waals surface area contributed by atoms with Gasteiger partial charge in [-0.05, 0) is 63.1 Å². The zero-order chi connectivity index (χ0) is 21.7. The third-order valence-electron chi connectivity index (χ3n) is 5.00. The number of piperidine rings is 1. The molecule has 1 heterocycles. The molecule has 0 saturated carbocycles. The van der Waals surface area contributed by atoms with Crippen LogP contribution in [0.25, 0.3) is 0 Å². The highest BCUT2D eigenvalue weighted by Gasteiger charge is 2.32. The Hall–Kier alpha value is -2.58. The van der Waals surface area contributed by atoms with Crippen molar-refractivity contribution >= 4 is 21.6 Å². The lowest BCUT2D eigenvalue weighted by Crippen LogP contribution is -2.41. The minimum absolute atomic E-state index is 0.0490. The molecule has 162 valence electrons. The van der Waals surface area contributed by atoms with Crippen LogP contribution in [0.5, 0.6) is 11.5 Å². The van der Waals surface area contributed by atoms with E-state index >= 15 is 0 Å². The van der Waals surface area contributed by atoms with Gasteiger partial charge in [-0.15, -0.1) is 0 Å². The van der Waals surface area contributed by atoms with Crippen LogP contribution in [0.3, 0.4) is 0 Å². The van der Waals surface area contributed by atoms with Gasteiger partial charge in [-0.25, -0.2) is 8.42 Å². The number of methoxy groups -OCH3 is 1. The Kier molecular flexibility index (Phi) is 6.99. The van der Waals surface area contributed by atoms with Gasteiger partial charge in [0.1, 0.15) is 11.5 Å². The van der Waals surface area contributed by atoms with Crippen LogP contribution in [0, 0.1) is 5.92 Å². The Bertz CT molecular complexity index is 965. The number of anilines is 1. The average Bonchev–Trinajstić information content (AvgIpc) is 2.73. The van der Waals surface area contributed by atoms with E-state index in [1.807, 2.05) is 32.0 Å². The van der Waals surface area contributed by atoms with Crippen LogP contribution in [-0.2, 0) is 14.8 Å². The van der Waals surface area contributed by atoms with Crippen molar-refractivity contribution in [1.29, 1.82) is 0 Å². The zero-order valence-corrected chi connectivity index (χ0v) is 18.3. The van der Waals surface area contributed by atoms with Crippen molar-refractivity contribution in [3.8, 4) is 11.5 Å². The van der Waals surface area contributed by atoms with Crippen LogP contribution in [0.15, 0.2) is 53.4 Å². The third kappa shape index (κ3) is 5.31. The summed E-state index contributed by atoms with van der Waals surface area (Å²) in [5.74, 6) is 0.968. The molecule has 0 spiro atoms. The Morgan fingerprint density at radius 2 is 1.73 bits per heavy atom. The molecular formula is C22H28N2O5S. The van der Waals surface area contributed by atoms with Gasteiger partial charge < -0.3 is 14.8 Å². The molecular weight excluding hydrogens is 404 g/mol. The van der Waals surface area contributed by atoms with Gasteiger partial charge in [0.15, 0.2) is 0 Å². The summed E-state index contributed by atoms with van der Waals surface area (Å²) in [6, 6.07) is 13.6. The molecule has 1 N–H and O–H groups in total. The van der Waals surface area contributed by atoms with E-state index in [2.05, 4.69) is 5.32 Å². The predicted octanol–water partition coefficient (Wildman–Crippen LogP) is 3.52. The molecule has 1 saturated heterocycles. The summed E-state index contributed by atoms with van der Waals surface area (Å²) < 4.78 is 37.9. The van der Waals surface area contributed by atoms with Crippen LogP contribution < -0.4 is 14.8 Å². The average molecular weight is 433 g/mol. The van der Waals surface area contributed by atoms with Gasteiger partial charge in [0.05, 0.1) is 18.1 Å². The summed E-state index contributed by atoms with van der Waals surface area (Å²) in [6.07, 6.45) is 1.00. The number of rotatable bonds is 7. The highest BCUT2D eigenvalue weighted by molar-refractivity contribution is 7.89. The van der Waals surface area contributed by atoms with Crippen LogP contribution in [0.1, 0.15) is 26.7 Å². The second-order valence-electron chi connectivity index (χ2n) is 7.54. The van der Waals surface area contributed by atoms with Crippen LogP contribution in [0.4, 0.5) is 5.69 Å². The fourth-order valence-electron chi connectivity index (χ4n) is 3.42. The molecule has 1 aliphatic rings. The van der Waals surface area contributed by atoms with E-state index in [-0.39, 0.29) is 22.8 Å². The predicted molar refractivity (Wildman–Crippen MR) is 115 cm³/mol. The SMILES string of the molecule is COc1ccc(S(=O)(=O)N2CCC(C(=O)Nc3cccc(OC(C)C)c3)CC2)cc1. The topological polar surface area (TPSA) is 84.9 Å². The van der Waals surface area contributed by atoms with Crippen LogP contribution in [-0.4, -0.2) is 44.9 Å². The van der Waals surface area contributed by atoms with Crippen molar-refractivity contribution < 1.29 is 22.7 Å². The summed E-state index contributed by atoms with van der Waals surface area (Å²) in [7, 11) is -2.05. The van der Waals surface area contributed by atoms with E-state index in [4.69, 9.17) is 9.47 Å². The summed E-state index contributed by atoms with van der Waals surface area (Å²) in [5, 5.41) is 2.92. The largest absolute Gasteiger partial charge is 0.497 e. The smallest absolute Gasteiger partial charge is 0.243 e. The molecule has 8 heteroatoms. The lowest BCUT2D eigenvalue weighted by molar-refractivity contribution is -0.120. The Balaban J connectivity index is 1.58. The molecule has 0 atom stereocenters. The van der Waals surface area contributed by atoms with Crippen molar-refractivity contribution in [3.05, 3.63) is 48.5 Å². The highest BCUT2D eigenvalue weighted by Crippen LogP contribution is 2.26. The molecule has 1 amide bonds. The lowest BCUT2D eigenvalue weighted by Gasteiger charge is -2.30. The summed E-state index contributed by atoms with van der Waals surface area (Å²) >= 11 is 0. The molecule has 3 rings (SSSR count). The number of hydrogen-bond donors (Lipinski definition) is 1.